The molecule has 6 rings (SSSR count). The van der Waals surface area contributed by atoms with E-state index in [0.29, 0.717) is 44.6 Å². The number of aryl methyl sites for hydroxylation is 3. The van der Waals surface area contributed by atoms with Gasteiger partial charge in [-0.3, -0.25) is 4.98 Å². The van der Waals surface area contributed by atoms with Gasteiger partial charge in [-0.15, -0.1) is 6.42 Å². The fourth-order valence-corrected chi connectivity index (χ4v) is 4.67. The van der Waals surface area contributed by atoms with E-state index in [1.54, 1.807) is 37.5 Å². The molecule has 0 unspecified atom stereocenters. The molecule has 190 valence electrons. The van der Waals surface area contributed by atoms with Crippen molar-refractivity contribution >= 4 is 27.9 Å². The number of fused-ring (bicyclic) bond motifs is 2. The Morgan fingerprint density at radius 2 is 1.85 bits per heavy atom. The van der Waals surface area contributed by atoms with Gasteiger partial charge in [-0.2, -0.15) is 0 Å². The number of nitrogens with two attached hydrogens (primary N) is 1. The molecule has 10 heteroatoms. The van der Waals surface area contributed by atoms with Crippen LogP contribution in [0.4, 0.5) is 10.2 Å². The van der Waals surface area contributed by atoms with Crippen LogP contribution in [0.2, 0.25) is 0 Å². The van der Waals surface area contributed by atoms with Crippen LogP contribution in [-0.2, 0) is 7.05 Å². The highest BCUT2D eigenvalue weighted by molar-refractivity contribution is 6.08. The number of halogens is 1. The van der Waals surface area contributed by atoms with E-state index in [1.807, 2.05) is 30.7 Å². The van der Waals surface area contributed by atoms with Crippen LogP contribution in [0.15, 0.2) is 55.1 Å². The third-order valence-electron chi connectivity index (χ3n) is 6.48. The number of rotatable bonds is 4. The average Bonchev–Trinajstić information content (AvgIpc) is 3.22. The molecule has 6 aromatic rings. The summed E-state index contributed by atoms with van der Waals surface area (Å²) in [5.74, 6) is 2.21. The zero-order valence-electron chi connectivity index (χ0n) is 21.3. The molecule has 0 saturated carbocycles. The summed E-state index contributed by atoms with van der Waals surface area (Å²) in [6.07, 6.45) is 10.0. The summed E-state index contributed by atoms with van der Waals surface area (Å²) in [6.45, 7) is 3.77. The van der Waals surface area contributed by atoms with Crippen LogP contribution >= 0.6 is 0 Å². The van der Waals surface area contributed by atoms with E-state index in [2.05, 4.69) is 35.8 Å². The van der Waals surface area contributed by atoms with Gasteiger partial charge in [0.2, 0.25) is 0 Å². The Hall–Kier alpha value is -5.43. The van der Waals surface area contributed by atoms with Crippen molar-refractivity contribution < 1.29 is 9.13 Å². The van der Waals surface area contributed by atoms with Crippen molar-refractivity contribution in [3.63, 3.8) is 0 Å². The molecule has 9 nitrogen and oxygen atoms in total. The average molecular weight is 517 g/mol. The maximum atomic E-state index is 15.4. The van der Waals surface area contributed by atoms with Crippen LogP contribution in [0.25, 0.3) is 44.5 Å². The van der Waals surface area contributed by atoms with Gasteiger partial charge in [0.25, 0.3) is 0 Å². The Morgan fingerprint density at radius 1 is 1.00 bits per heavy atom. The number of nitrogen functional groups attached to an aromatic ring is 1. The Labute approximate surface area is 222 Å². The van der Waals surface area contributed by atoms with Crippen molar-refractivity contribution in [1.29, 1.82) is 0 Å². The predicted molar refractivity (Wildman–Crippen MR) is 146 cm³/mol. The van der Waals surface area contributed by atoms with Crippen molar-refractivity contribution in [2.75, 3.05) is 5.73 Å². The van der Waals surface area contributed by atoms with Gasteiger partial charge < -0.3 is 15.0 Å². The second-order valence-corrected chi connectivity index (χ2v) is 9.02. The monoisotopic (exact) mass is 516 g/mol. The summed E-state index contributed by atoms with van der Waals surface area (Å²) in [6, 6.07) is 10.3. The first kappa shape index (κ1) is 23.9. The lowest BCUT2D eigenvalue weighted by atomic mass is 9.95. The highest BCUT2D eigenvalue weighted by Gasteiger charge is 2.24. The van der Waals surface area contributed by atoms with Crippen LogP contribution in [0.5, 0.6) is 11.8 Å². The summed E-state index contributed by atoms with van der Waals surface area (Å²) in [5, 5.41) is 0.610. The number of hydrogen-bond acceptors (Lipinski definition) is 8. The van der Waals surface area contributed by atoms with Crippen molar-refractivity contribution in [1.82, 2.24) is 34.5 Å². The molecule has 0 saturated heterocycles. The predicted octanol–water partition coefficient (Wildman–Crippen LogP) is 5.15. The molecule has 0 spiro atoms. The largest absolute Gasteiger partial charge is 0.421 e. The van der Waals surface area contributed by atoms with Gasteiger partial charge in [0.1, 0.15) is 23.5 Å². The fraction of sp³-hybridized carbons (Fsp3) is 0.103. The molecule has 0 aliphatic rings. The van der Waals surface area contributed by atoms with Crippen molar-refractivity contribution in [3.05, 3.63) is 77.9 Å². The molecule has 0 bridgehead atoms. The van der Waals surface area contributed by atoms with Crippen molar-refractivity contribution in [2.24, 2.45) is 7.05 Å². The maximum absolute atomic E-state index is 15.4. The summed E-state index contributed by atoms with van der Waals surface area (Å²) in [4.78, 5) is 25.9. The smallest absolute Gasteiger partial charge is 0.322 e. The van der Waals surface area contributed by atoms with Gasteiger partial charge >= 0.3 is 6.01 Å². The highest BCUT2D eigenvalue weighted by Crippen LogP contribution is 2.44. The van der Waals surface area contributed by atoms with E-state index in [4.69, 9.17) is 16.9 Å². The molecule has 2 N–H and O–H groups in total. The zero-order valence-corrected chi connectivity index (χ0v) is 21.3. The molecule has 0 aliphatic heterocycles. The maximum Gasteiger partial charge on any atom is 0.322 e. The van der Waals surface area contributed by atoms with Crippen LogP contribution in [-0.4, -0.2) is 34.5 Å². The van der Waals surface area contributed by atoms with E-state index < -0.39 is 5.82 Å². The van der Waals surface area contributed by atoms with Crippen LogP contribution < -0.4 is 10.5 Å². The molecule has 4 heterocycles. The number of ether oxygens (including phenoxy) is 1. The number of terminal acetylenes is 1. The molecular weight excluding hydrogens is 495 g/mol. The van der Waals surface area contributed by atoms with Crippen LogP contribution in [0, 0.1) is 32.0 Å². The van der Waals surface area contributed by atoms with Gasteiger partial charge in [-0.05, 0) is 61.2 Å². The third kappa shape index (κ3) is 4.06. The highest BCUT2D eigenvalue weighted by atomic mass is 19.1. The lowest BCUT2D eigenvalue weighted by molar-refractivity contribution is 0.410. The zero-order chi connectivity index (χ0) is 27.3. The van der Waals surface area contributed by atoms with Crippen LogP contribution in [0.1, 0.15) is 17.0 Å². The third-order valence-corrected chi connectivity index (χ3v) is 6.48. The van der Waals surface area contributed by atoms with E-state index in [1.165, 1.54) is 12.4 Å². The summed E-state index contributed by atoms with van der Waals surface area (Å²) >= 11 is 0. The molecule has 2 aromatic carbocycles. The Morgan fingerprint density at radius 3 is 2.62 bits per heavy atom. The van der Waals surface area contributed by atoms with E-state index in [9.17, 15) is 0 Å². The minimum atomic E-state index is -0.584. The van der Waals surface area contributed by atoms with E-state index >= 15 is 4.39 Å². The summed E-state index contributed by atoms with van der Waals surface area (Å²) < 4.78 is 23.0. The Balaban J connectivity index is 1.57. The molecule has 39 heavy (non-hydrogen) atoms. The quantitative estimate of drug-likeness (QED) is 0.320. The number of nitrogens with zero attached hydrogens (tertiary/aromatic N) is 7. The normalized spacial score (nSPS) is 11.2. The van der Waals surface area contributed by atoms with Gasteiger partial charge in [0, 0.05) is 30.1 Å². The van der Waals surface area contributed by atoms with Gasteiger partial charge in [-0.25, -0.2) is 29.3 Å². The molecular formula is C29H21FN8O. The molecule has 0 atom stereocenters. The van der Waals surface area contributed by atoms with Crippen molar-refractivity contribution in [3.8, 4) is 46.5 Å². The van der Waals surface area contributed by atoms with Crippen LogP contribution in [0.3, 0.4) is 0 Å². The van der Waals surface area contributed by atoms with E-state index in [-0.39, 0.29) is 17.6 Å². The number of aromatic nitrogens is 7. The first-order valence-electron chi connectivity index (χ1n) is 11.9. The Kier molecular flexibility index (Phi) is 5.61. The molecule has 0 aliphatic carbocycles. The number of benzene rings is 2. The minimum Gasteiger partial charge on any atom is -0.421 e. The fourth-order valence-electron chi connectivity index (χ4n) is 4.67. The van der Waals surface area contributed by atoms with Gasteiger partial charge in [-0.1, -0.05) is 6.07 Å². The SMILES string of the molecule is C#Cc1cnc2cc(-c3c(-c4ccc(Oc5nccc(C)n5)c(F)c4)c4c(N)ncnc4n3C)c(C)cc2n1. The first-order chi connectivity index (χ1) is 18.8. The lowest BCUT2D eigenvalue weighted by Crippen LogP contribution is -1.98. The number of hydrogen-bond donors (Lipinski definition) is 1. The first-order valence-corrected chi connectivity index (χ1v) is 11.9. The second kappa shape index (κ2) is 9.15. The minimum absolute atomic E-state index is 0.00293. The second-order valence-electron chi connectivity index (χ2n) is 9.02. The molecule has 0 fully saturated rings. The van der Waals surface area contributed by atoms with Crippen molar-refractivity contribution in [2.45, 2.75) is 13.8 Å². The lowest BCUT2D eigenvalue weighted by Gasteiger charge is -2.13. The standard InChI is InChI=1S/C29H21FN8O/c1-5-18-13-33-21-12-19(15(2)10-22(21)37-18)26-24(25-27(31)34-14-35-28(25)38(26)4)17-6-7-23(20(30)11-17)39-29-32-9-8-16(3)36-29/h1,6-14H,2-4H3,(H2,31,34,35). The molecule has 0 amide bonds. The Bertz CT molecular complexity index is 1980. The number of anilines is 1. The topological polar surface area (TPSA) is 118 Å². The van der Waals surface area contributed by atoms with Gasteiger partial charge in [0.05, 0.1) is 28.3 Å². The molecule has 0 radical (unpaired) electrons. The summed E-state index contributed by atoms with van der Waals surface area (Å²) in [5.41, 5.74) is 13.3. The van der Waals surface area contributed by atoms with E-state index in [0.717, 1.165) is 16.8 Å². The summed E-state index contributed by atoms with van der Waals surface area (Å²) in [7, 11) is 1.88. The molecule has 4 aromatic heterocycles. The van der Waals surface area contributed by atoms with Gasteiger partial charge in [0.15, 0.2) is 11.6 Å².